The molecule has 2 N–H and O–H groups in total. The van der Waals surface area contributed by atoms with Crippen LogP contribution in [0.4, 0.5) is 4.79 Å². The molecule has 0 radical (unpaired) electrons. The monoisotopic (exact) mass is 491 g/mol. The SMILES string of the molecule is CC(C)(C)OC(=O)[C@@H]1CC[C@H]2CN(C(=O)OCC3c4ccccc4-c4ccccc43)C[C@H](N)C(=O)N21. The maximum atomic E-state index is 13.2. The molecule has 2 heterocycles. The van der Waals surface area contributed by atoms with Crippen molar-refractivity contribution in [2.24, 2.45) is 5.73 Å². The highest BCUT2D eigenvalue weighted by atomic mass is 16.6. The zero-order valence-corrected chi connectivity index (χ0v) is 21.0. The van der Waals surface area contributed by atoms with Gasteiger partial charge in [0.2, 0.25) is 5.91 Å². The molecule has 3 atom stereocenters. The molecule has 2 aromatic rings. The van der Waals surface area contributed by atoms with E-state index >= 15 is 0 Å². The standard InChI is InChI=1S/C28H33N3O5/c1-28(2,3)36-26(33)24-13-12-17-14-30(15-23(29)25(32)31(17)24)27(34)35-16-22-20-10-6-4-8-18(20)19-9-5-7-11-21(19)22/h4-11,17,22-24H,12-16,29H2,1-3H3/t17-,23-,24-/m0/s1. The van der Waals surface area contributed by atoms with E-state index in [-0.39, 0.29) is 37.6 Å². The third-order valence-corrected chi connectivity index (χ3v) is 7.20. The van der Waals surface area contributed by atoms with E-state index in [0.29, 0.717) is 12.8 Å². The van der Waals surface area contributed by atoms with Gasteiger partial charge in [-0.15, -0.1) is 0 Å². The van der Waals surface area contributed by atoms with Gasteiger partial charge in [-0.05, 0) is 55.9 Å². The first-order valence-corrected chi connectivity index (χ1v) is 12.5. The van der Waals surface area contributed by atoms with Gasteiger partial charge >= 0.3 is 12.1 Å². The van der Waals surface area contributed by atoms with Crippen LogP contribution in [0.2, 0.25) is 0 Å². The van der Waals surface area contributed by atoms with E-state index in [1.165, 1.54) is 9.80 Å². The van der Waals surface area contributed by atoms with Crippen molar-refractivity contribution in [1.29, 1.82) is 0 Å². The fourth-order valence-electron chi connectivity index (χ4n) is 5.67. The summed E-state index contributed by atoms with van der Waals surface area (Å²) in [5, 5.41) is 0. The highest BCUT2D eigenvalue weighted by Crippen LogP contribution is 2.44. The van der Waals surface area contributed by atoms with Gasteiger partial charge in [-0.1, -0.05) is 48.5 Å². The lowest BCUT2D eigenvalue weighted by molar-refractivity contribution is -0.164. The van der Waals surface area contributed by atoms with Crippen LogP contribution in [-0.2, 0) is 19.1 Å². The van der Waals surface area contributed by atoms with Crippen LogP contribution in [0.25, 0.3) is 11.1 Å². The average Bonchev–Trinajstić information content (AvgIpc) is 3.36. The number of benzene rings is 2. The van der Waals surface area contributed by atoms with Crippen LogP contribution in [0, 0.1) is 0 Å². The molecule has 2 saturated heterocycles. The number of hydrogen-bond donors (Lipinski definition) is 1. The average molecular weight is 492 g/mol. The minimum Gasteiger partial charge on any atom is -0.458 e. The van der Waals surface area contributed by atoms with Crippen molar-refractivity contribution in [3.63, 3.8) is 0 Å². The highest BCUT2D eigenvalue weighted by molar-refractivity contribution is 5.89. The maximum absolute atomic E-state index is 13.2. The van der Waals surface area contributed by atoms with E-state index in [4.69, 9.17) is 15.2 Å². The molecule has 8 heteroatoms. The Bertz CT molecular complexity index is 1140. The first-order valence-electron chi connectivity index (χ1n) is 12.5. The molecule has 1 aliphatic carbocycles. The van der Waals surface area contributed by atoms with Crippen LogP contribution in [0.5, 0.6) is 0 Å². The summed E-state index contributed by atoms with van der Waals surface area (Å²) in [4.78, 5) is 42.2. The van der Waals surface area contributed by atoms with Gasteiger partial charge in [0.15, 0.2) is 0 Å². The number of hydrogen-bond acceptors (Lipinski definition) is 6. The number of fused-ring (bicyclic) bond motifs is 4. The largest absolute Gasteiger partial charge is 0.458 e. The Morgan fingerprint density at radius 2 is 1.58 bits per heavy atom. The van der Waals surface area contributed by atoms with Gasteiger partial charge in [0.25, 0.3) is 0 Å². The first kappa shape index (κ1) is 24.3. The zero-order valence-electron chi connectivity index (χ0n) is 21.0. The van der Waals surface area contributed by atoms with Crippen molar-refractivity contribution in [3.8, 4) is 11.1 Å². The summed E-state index contributed by atoms with van der Waals surface area (Å²) >= 11 is 0. The lowest BCUT2D eigenvalue weighted by Crippen LogP contribution is -2.52. The van der Waals surface area contributed by atoms with Crippen molar-refractivity contribution in [2.45, 2.75) is 63.3 Å². The number of carbonyl (C=O) groups excluding carboxylic acids is 3. The second kappa shape index (κ2) is 9.24. The Balaban J connectivity index is 1.29. The summed E-state index contributed by atoms with van der Waals surface area (Å²) in [6.07, 6.45) is 0.578. The number of ether oxygens (including phenoxy) is 2. The zero-order chi connectivity index (χ0) is 25.6. The van der Waals surface area contributed by atoms with Gasteiger partial charge in [0, 0.05) is 19.0 Å². The van der Waals surface area contributed by atoms with Gasteiger partial charge in [-0.3, -0.25) is 4.79 Å². The Morgan fingerprint density at radius 3 is 2.19 bits per heavy atom. The van der Waals surface area contributed by atoms with E-state index in [2.05, 4.69) is 24.3 Å². The number of carbonyl (C=O) groups is 3. The van der Waals surface area contributed by atoms with Crippen molar-refractivity contribution in [3.05, 3.63) is 59.7 Å². The number of amides is 2. The molecule has 0 saturated carbocycles. The molecule has 0 unspecified atom stereocenters. The Labute approximate surface area is 211 Å². The second-order valence-electron chi connectivity index (χ2n) is 10.8. The fourth-order valence-corrected chi connectivity index (χ4v) is 5.67. The highest BCUT2D eigenvalue weighted by Gasteiger charge is 2.47. The molecule has 0 spiro atoms. The summed E-state index contributed by atoms with van der Waals surface area (Å²) in [6.45, 7) is 5.91. The molecule has 2 amide bonds. The molecular weight excluding hydrogens is 458 g/mol. The third-order valence-electron chi connectivity index (χ3n) is 7.20. The first-order chi connectivity index (χ1) is 17.1. The molecule has 190 valence electrons. The number of nitrogens with zero attached hydrogens (tertiary/aromatic N) is 2. The van der Waals surface area contributed by atoms with E-state index in [1.807, 2.05) is 24.3 Å². The van der Waals surface area contributed by atoms with Crippen LogP contribution in [0.1, 0.15) is 50.7 Å². The summed E-state index contributed by atoms with van der Waals surface area (Å²) < 4.78 is 11.4. The molecule has 0 aromatic heterocycles. The summed E-state index contributed by atoms with van der Waals surface area (Å²) in [6, 6.07) is 14.4. The van der Waals surface area contributed by atoms with Crippen molar-refractivity contribution in [1.82, 2.24) is 9.80 Å². The smallest absolute Gasteiger partial charge is 0.409 e. The molecule has 0 bridgehead atoms. The van der Waals surface area contributed by atoms with E-state index in [9.17, 15) is 14.4 Å². The quantitative estimate of drug-likeness (QED) is 0.661. The molecule has 3 aliphatic rings. The molecule has 2 aliphatic heterocycles. The van der Waals surface area contributed by atoms with Gasteiger partial charge in [-0.25, -0.2) is 9.59 Å². The van der Waals surface area contributed by atoms with E-state index in [1.54, 1.807) is 20.8 Å². The lowest BCUT2D eigenvalue weighted by atomic mass is 9.98. The fraction of sp³-hybridized carbons (Fsp3) is 0.464. The molecular formula is C28H33N3O5. The predicted molar refractivity (Wildman–Crippen MR) is 134 cm³/mol. The minimum atomic E-state index is -0.932. The van der Waals surface area contributed by atoms with E-state index in [0.717, 1.165) is 22.3 Å². The summed E-state index contributed by atoms with van der Waals surface area (Å²) in [7, 11) is 0. The van der Waals surface area contributed by atoms with Gasteiger partial charge < -0.3 is 25.0 Å². The normalized spacial score (nSPS) is 23.6. The maximum Gasteiger partial charge on any atom is 0.409 e. The molecule has 8 nitrogen and oxygen atoms in total. The van der Waals surface area contributed by atoms with E-state index < -0.39 is 29.7 Å². The van der Waals surface area contributed by atoms with Crippen LogP contribution < -0.4 is 5.73 Å². The number of nitrogens with two attached hydrogens (primary N) is 1. The second-order valence-corrected chi connectivity index (χ2v) is 10.8. The van der Waals surface area contributed by atoms with Crippen molar-refractivity contribution < 1.29 is 23.9 Å². The summed E-state index contributed by atoms with van der Waals surface area (Å²) in [5.74, 6) is -0.814. The predicted octanol–water partition coefficient (Wildman–Crippen LogP) is 3.28. The van der Waals surface area contributed by atoms with Crippen LogP contribution in [-0.4, -0.2) is 71.2 Å². The van der Waals surface area contributed by atoms with Crippen LogP contribution in [0.15, 0.2) is 48.5 Å². The van der Waals surface area contributed by atoms with Gasteiger partial charge in [-0.2, -0.15) is 0 Å². The third kappa shape index (κ3) is 4.46. The molecule has 2 fully saturated rings. The Morgan fingerprint density at radius 1 is 0.972 bits per heavy atom. The van der Waals surface area contributed by atoms with Gasteiger partial charge in [0.1, 0.15) is 24.3 Å². The Hall–Kier alpha value is -3.39. The Kier molecular flexibility index (Phi) is 6.24. The number of esters is 1. The van der Waals surface area contributed by atoms with Gasteiger partial charge in [0.05, 0.1) is 6.04 Å². The lowest BCUT2D eigenvalue weighted by Gasteiger charge is -2.31. The topological polar surface area (TPSA) is 102 Å². The van der Waals surface area contributed by atoms with Crippen molar-refractivity contribution >= 4 is 18.0 Å². The minimum absolute atomic E-state index is 0.0452. The van der Waals surface area contributed by atoms with Crippen molar-refractivity contribution in [2.75, 3.05) is 19.7 Å². The number of rotatable bonds is 3. The van der Waals surface area contributed by atoms with Crippen LogP contribution in [0.3, 0.4) is 0 Å². The molecule has 36 heavy (non-hydrogen) atoms. The van der Waals surface area contributed by atoms with Crippen LogP contribution >= 0.6 is 0 Å². The molecule has 2 aromatic carbocycles. The summed E-state index contributed by atoms with van der Waals surface area (Å²) in [5.41, 5.74) is 10.1. The molecule has 5 rings (SSSR count).